The van der Waals surface area contributed by atoms with Gasteiger partial charge in [0.05, 0.1) is 16.8 Å². The molecule has 1 saturated heterocycles. The van der Waals surface area contributed by atoms with Crippen LogP contribution in [-0.2, 0) is 4.79 Å². The predicted molar refractivity (Wildman–Crippen MR) is 115 cm³/mol. The number of nitrogens with one attached hydrogen (secondary N) is 1. The van der Waals surface area contributed by atoms with Crippen LogP contribution in [-0.4, -0.2) is 61.1 Å². The quantitative estimate of drug-likeness (QED) is 0.732. The van der Waals surface area contributed by atoms with Crippen molar-refractivity contribution >= 4 is 34.8 Å². The second-order valence-electron chi connectivity index (χ2n) is 6.83. The lowest BCUT2D eigenvalue weighted by Crippen LogP contribution is -2.53. The van der Waals surface area contributed by atoms with E-state index in [1.54, 1.807) is 18.2 Å². The Morgan fingerprint density at radius 1 is 1.11 bits per heavy atom. The van der Waals surface area contributed by atoms with E-state index in [0.29, 0.717) is 22.3 Å². The molecule has 0 unspecified atom stereocenters. The van der Waals surface area contributed by atoms with E-state index in [9.17, 15) is 4.79 Å². The maximum absolute atomic E-state index is 12.6. The van der Waals surface area contributed by atoms with Gasteiger partial charge in [0.2, 0.25) is 5.91 Å². The third-order valence-corrected chi connectivity index (χ3v) is 5.49. The lowest BCUT2D eigenvalue weighted by molar-refractivity contribution is -0.121. The number of ether oxygens (including phenoxy) is 1. The molecule has 0 saturated carbocycles. The van der Waals surface area contributed by atoms with E-state index in [0.717, 1.165) is 38.5 Å². The zero-order valence-electron chi connectivity index (χ0n) is 15.9. The molecule has 7 heteroatoms. The van der Waals surface area contributed by atoms with Gasteiger partial charge >= 0.3 is 0 Å². The van der Waals surface area contributed by atoms with Crippen LogP contribution in [0.4, 0.5) is 5.69 Å². The monoisotopic (exact) mass is 421 g/mol. The molecule has 1 aliphatic rings. The number of nitrogens with zero attached hydrogens (tertiary/aromatic N) is 2. The number of carbonyl (C=O) groups excluding carboxylic acids is 1. The van der Waals surface area contributed by atoms with Crippen LogP contribution in [0.25, 0.3) is 0 Å². The smallest absolute Gasteiger partial charge is 0.241 e. The summed E-state index contributed by atoms with van der Waals surface area (Å²) in [6.07, 6.45) is 0. The molecule has 2 aromatic rings. The van der Waals surface area contributed by atoms with Crippen molar-refractivity contribution in [1.82, 2.24) is 9.80 Å². The van der Waals surface area contributed by atoms with Crippen molar-refractivity contribution in [3.63, 3.8) is 0 Å². The molecule has 0 aliphatic carbocycles. The van der Waals surface area contributed by atoms with Gasteiger partial charge in [-0.05, 0) is 37.3 Å². The zero-order valence-corrected chi connectivity index (χ0v) is 17.4. The van der Waals surface area contributed by atoms with E-state index >= 15 is 0 Å². The molecule has 1 N–H and O–H groups in total. The van der Waals surface area contributed by atoms with Gasteiger partial charge in [-0.2, -0.15) is 0 Å². The minimum Gasteiger partial charge on any atom is -0.492 e. The summed E-state index contributed by atoms with van der Waals surface area (Å²) >= 11 is 12.0. The van der Waals surface area contributed by atoms with Crippen LogP contribution in [0.15, 0.2) is 48.5 Å². The van der Waals surface area contributed by atoms with Gasteiger partial charge in [-0.15, -0.1) is 0 Å². The van der Waals surface area contributed by atoms with Gasteiger partial charge in [-0.1, -0.05) is 41.4 Å². The Bertz CT molecular complexity index is 780. The maximum Gasteiger partial charge on any atom is 0.241 e. The van der Waals surface area contributed by atoms with Crippen molar-refractivity contribution < 1.29 is 9.53 Å². The first kappa shape index (κ1) is 20.9. The number of hydrogen-bond donors (Lipinski definition) is 1. The molecule has 1 amide bonds. The lowest BCUT2D eigenvalue weighted by atomic mass is 10.2. The highest BCUT2D eigenvalue weighted by atomic mass is 35.5. The predicted octanol–water partition coefficient (Wildman–Crippen LogP) is 4.02. The summed E-state index contributed by atoms with van der Waals surface area (Å²) in [6, 6.07) is 14.7. The first-order valence-electron chi connectivity index (χ1n) is 9.43. The van der Waals surface area contributed by atoms with Gasteiger partial charge in [0, 0.05) is 37.7 Å². The fourth-order valence-corrected chi connectivity index (χ4v) is 3.63. The number of hydrogen-bond acceptors (Lipinski definition) is 4. The molecule has 28 heavy (non-hydrogen) atoms. The molecule has 1 heterocycles. The lowest BCUT2D eigenvalue weighted by Gasteiger charge is -2.37. The van der Waals surface area contributed by atoms with E-state index in [4.69, 9.17) is 27.9 Å². The molecule has 0 spiro atoms. The van der Waals surface area contributed by atoms with Crippen LogP contribution in [0.3, 0.4) is 0 Å². The van der Waals surface area contributed by atoms with Crippen LogP contribution in [0.1, 0.15) is 6.92 Å². The topological polar surface area (TPSA) is 44.8 Å². The molecule has 1 aliphatic heterocycles. The summed E-state index contributed by atoms with van der Waals surface area (Å²) in [5.74, 6) is 0.831. The molecule has 0 aromatic heterocycles. The van der Waals surface area contributed by atoms with E-state index < -0.39 is 0 Å². The molecule has 1 fully saturated rings. The van der Waals surface area contributed by atoms with E-state index in [2.05, 4.69) is 15.1 Å². The normalized spacial score (nSPS) is 16.5. The first-order valence-corrected chi connectivity index (χ1v) is 10.2. The fourth-order valence-electron chi connectivity index (χ4n) is 3.18. The molecule has 3 rings (SSSR count). The van der Waals surface area contributed by atoms with E-state index in [1.807, 2.05) is 37.3 Å². The maximum atomic E-state index is 12.6. The number of piperazine rings is 1. The van der Waals surface area contributed by atoms with E-state index in [1.165, 1.54) is 0 Å². The highest BCUT2D eigenvalue weighted by Gasteiger charge is 2.25. The molecule has 0 bridgehead atoms. The van der Waals surface area contributed by atoms with Crippen molar-refractivity contribution in [1.29, 1.82) is 0 Å². The van der Waals surface area contributed by atoms with Gasteiger partial charge in [0.25, 0.3) is 0 Å². The molecule has 1 atom stereocenters. The molecular formula is C21H25Cl2N3O2. The van der Waals surface area contributed by atoms with Gasteiger partial charge < -0.3 is 10.1 Å². The second-order valence-corrected chi connectivity index (χ2v) is 7.67. The number of benzene rings is 2. The van der Waals surface area contributed by atoms with Crippen LogP contribution in [0.2, 0.25) is 10.0 Å². The fraction of sp³-hybridized carbons (Fsp3) is 0.381. The Morgan fingerprint density at radius 2 is 1.82 bits per heavy atom. The number of halogens is 2. The van der Waals surface area contributed by atoms with Crippen LogP contribution in [0.5, 0.6) is 5.75 Å². The Labute approximate surface area is 176 Å². The minimum atomic E-state index is -0.227. The molecule has 150 valence electrons. The molecule has 5 nitrogen and oxygen atoms in total. The first-order chi connectivity index (χ1) is 13.5. The highest BCUT2D eigenvalue weighted by Crippen LogP contribution is 2.25. The van der Waals surface area contributed by atoms with Crippen molar-refractivity contribution in [2.24, 2.45) is 0 Å². The molecule has 2 aromatic carbocycles. The number of rotatable bonds is 7. The average molecular weight is 422 g/mol. The van der Waals surface area contributed by atoms with Crippen molar-refractivity contribution in [2.45, 2.75) is 13.0 Å². The van der Waals surface area contributed by atoms with E-state index in [-0.39, 0.29) is 11.9 Å². The third-order valence-electron chi connectivity index (χ3n) is 4.94. The Hall–Kier alpha value is -1.79. The Kier molecular flexibility index (Phi) is 7.57. The van der Waals surface area contributed by atoms with Crippen molar-refractivity contribution in [2.75, 3.05) is 44.6 Å². The molecular weight excluding hydrogens is 397 g/mol. The van der Waals surface area contributed by atoms with Gasteiger partial charge in [0.1, 0.15) is 12.4 Å². The summed E-state index contributed by atoms with van der Waals surface area (Å²) in [6.45, 7) is 6.98. The van der Waals surface area contributed by atoms with Gasteiger partial charge in [-0.25, -0.2) is 0 Å². The summed E-state index contributed by atoms with van der Waals surface area (Å²) in [7, 11) is 0. The summed E-state index contributed by atoms with van der Waals surface area (Å²) in [4.78, 5) is 17.1. The number of para-hydroxylation sites is 1. The van der Waals surface area contributed by atoms with Gasteiger partial charge in [-0.3, -0.25) is 14.6 Å². The summed E-state index contributed by atoms with van der Waals surface area (Å²) in [5.41, 5.74) is 0.583. The van der Waals surface area contributed by atoms with Crippen LogP contribution < -0.4 is 10.1 Å². The largest absolute Gasteiger partial charge is 0.492 e. The highest BCUT2D eigenvalue weighted by molar-refractivity contribution is 6.36. The van der Waals surface area contributed by atoms with Crippen molar-refractivity contribution in [3.05, 3.63) is 58.6 Å². The van der Waals surface area contributed by atoms with Crippen molar-refractivity contribution in [3.8, 4) is 5.75 Å². The summed E-state index contributed by atoms with van der Waals surface area (Å²) < 4.78 is 5.77. The van der Waals surface area contributed by atoms with Crippen LogP contribution >= 0.6 is 23.2 Å². The summed E-state index contributed by atoms with van der Waals surface area (Å²) in [5, 5.41) is 3.88. The number of amides is 1. The SMILES string of the molecule is C[C@@H](C(=O)Nc1ccc(Cl)cc1Cl)N1CCN(CCOc2ccccc2)CC1. The standard InChI is InChI=1S/C21H25Cl2N3O2/c1-16(21(27)24-20-8-7-17(22)15-19(20)23)26-11-9-25(10-12-26)13-14-28-18-5-3-2-4-6-18/h2-8,15-16H,9-14H2,1H3,(H,24,27)/t16-/m0/s1. The Morgan fingerprint density at radius 3 is 2.50 bits per heavy atom. The van der Waals surface area contributed by atoms with Crippen LogP contribution in [0, 0.1) is 0 Å². The Balaban J connectivity index is 1.41. The average Bonchev–Trinajstić information content (AvgIpc) is 2.71. The van der Waals surface area contributed by atoms with Gasteiger partial charge in [0.15, 0.2) is 0 Å². The number of anilines is 1. The minimum absolute atomic E-state index is 0.0647. The second kappa shape index (κ2) is 10.1. The zero-order chi connectivity index (χ0) is 19.9. The number of carbonyl (C=O) groups is 1. The molecule has 0 radical (unpaired) electrons. The third kappa shape index (κ3) is 5.85.